The SMILES string of the molecule is CCC(C)c1ccc(Nc2ccc(-c3cccc(-c4ccc(Nc5ccc(C(C)CC)cc5)cc4)c3)cc2)cc1. The lowest BCUT2D eigenvalue weighted by molar-refractivity contribution is 0.734. The van der Waals surface area contributed by atoms with Crippen LogP contribution in [0.3, 0.4) is 0 Å². The molecule has 0 radical (unpaired) electrons. The van der Waals surface area contributed by atoms with Crippen molar-refractivity contribution in [3.8, 4) is 22.3 Å². The summed E-state index contributed by atoms with van der Waals surface area (Å²) in [5.74, 6) is 1.19. The van der Waals surface area contributed by atoms with Crippen LogP contribution in [0.4, 0.5) is 22.7 Å². The Morgan fingerprint density at radius 2 is 0.750 bits per heavy atom. The average molecular weight is 525 g/mol. The van der Waals surface area contributed by atoms with Crippen LogP contribution in [-0.4, -0.2) is 0 Å². The third-order valence-electron chi connectivity index (χ3n) is 8.06. The minimum absolute atomic E-state index is 0.594. The highest BCUT2D eigenvalue weighted by molar-refractivity contribution is 5.75. The van der Waals surface area contributed by atoms with Crippen molar-refractivity contribution in [3.05, 3.63) is 132 Å². The Bertz CT molecular complexity index is 1380. The fourth-order valence-electron chi connectivity index (χ4n) is 4.97. The Kier molecular flexibility index (Phi) is 8.66. The summed E-state index contributed by atoms with van der Waals surface area (Å²) in [5.41, 5.74) is 12.0. The van der Waals surface area contributed by atoms with Crippen LogP contribution in [0, 0.1) is 0 Å². The van der Waals surface area contributed by atoms with Gasteiger partial charge in [0.1, 0.15) is 0 Å². The highest BCUT2D eigenvalue weighted by atomic mass is 14.9. The number of hydrogen-bond donors (Lipinski definition) is 2. The highest BCUT2D eigenvalue weighted by Gasteiger charge is 2.06. The molecule has 0 aliphatic rings. The fraction of sp³-hybridized carbons (Fsp3) is 0.211. The van der Waals surface area contributed by atoms with Crippen LogP contribution < -0.4 is 10.6 Å². The molecule has 0 aliphatic heterocycles. The Labute approximate surface area is 240 Å². The van der Waals surface area contributed by atoms with E-state index >= 15 is 0 Å². The van der Waals surface area contributed by atoms with E-state index in [0.29, 0.717) is 11.8 Å². The van der Waals surface area contributed by atoms with Crippen LogP contribution in [0.25, 0.3) is 22.3 Å². The molecule has 0 bridgehead atoms. The molecule has 0 aliphatic carbocycles. The van der Waals surface area contributed by atoms with Crippen LogP contribution in [-0.2, 0) is 0 Å². The molecule has 2 N–H and O–H groups in total. The standard InChI is InChI=1S/C38H40N2/c1-5-27(3)29-10-18-35(19-11-29)39-37-22-14-31(15-23-37)33-8-7-9-34(26-33)32-16-24-38(25-17-32)40-36-20-12-30(13-21-36)28(4)6-2/h7-28,39-40H,5-6H2,1-4H3. The fourth-order valence-corrected chi connectivity index (χ4v) is 4.97. The van der Waals surface area contributed by atoms with Gasteiger partial charge in [0.05, 0.1) is 0 Å². The minimum atomic E-state index is 0.594. The van der Waals surface area contributed by atoms with Crippen LogP contribution in [0.1, 0.15) is 63.5 Å². The summed E-state index contributed by atoms with van der Waals surface area (Å²) in [6, 6.07) is 43.7. The summed E-state index contributed by atoms with van der Waals surface area (Å²) >= 11 is 0. The van der Waals surface area contributed by atoms with Gasteiger partial charge in [-0.25, -0.2) is 0 Å². The highest BCUT2D eigenvalue weighted by Crippen LogP contribution is 2.30. The molecule has 0 saturated carbocycles. The second-order valence-electron chi connectivity index (χ2n) is 10.8. The average Bonchev–Trinajstić information content (AvgIpc) is 3.02. The molecule has 40 heavy (non-hydrogen) atoms. The predicted octanol–water partition coefficient (Wildman–Crippen LogP) is 11.5. The molecule has 5 rings (SSSR count). The van der Waals surface area contributed by atoms with Gasteiger partial charge in [-0.3, -0.25) is 0 Å². The van der Waals surface area contributed by atoms with E-state index in [-0.39, 0.29) is 0 Å². The van der Waals surface area contributed by atoms with Crippen molar-refractivity contribution in [2.24, 2.45) is 0 Å². The third kappa shape index (κ3) is 6.63. The van der Waals surface area contributed by atoms with E-state index in [9.17, 15) is 0 Å². The van der Waals surface area contributed by atoms with E-state index in [0.717, 1.165) is 35.6 Å². The lowest BCUT2D eigenvalue weighted by atomic mass is 9.98. The first-order valence-corrected chi connectivity index (χ1v) is 14.6. The number of anilines is 4. The normalized spacial score (nSPS) is 12.5. The Balaban J connectivity index is 1.24. The van der Waals surface area contributed by atoms with Crippen molar-refractivity contribution in [1.29, 1.82) is 0 Å². The summed E-state index contributed by atoms with van der Waals surface area (Å²) < 4.78 is 0. The van der Waals surface area contributed by atoms with Gasteiger partial charge in [-0.2, -0.15) is 0 Å². The summed E-state index contributed by atoms with van der Waals surface area (Å²) in [6.45, 7) is 9.02. The molecule has 2 unspecified atom stereocenters. The molecule has 5 aromatic rings. The van der Waals surface area contributed by atoms with E-state index in [4.69, 9.17) is 0 Å². The van der Waals surface area contributed by atoms with Gasteiger partial charge in [0, 0.05) is 22.7 Å². The Morgan fingerprint density at radius 1 is 0.425 bits per heavy atom. The largest absolute Gasteiger partial charge is 0.356 e. The van der Waals surface area contributed by atoms with E-state index in [1.165, 1.54) is 33.4 Å². The van der Waals surface area contributed by atoms with Crippen molar-refractivity contribution in [2.75, 3.05) is 10.6 Å². The van der Waals surface area contributed by atoms with Gasteiger partial charge in [-0.15, -0.1) is 0 Å². The van der Waals surface area contributed by atoms with E-state index < -0.39 is 0 Å². The van der Waals surface area contributed by atoms with Gasteiger partial charge in [-0.1, -0.05) is 94.4 Å². The molecule has 0 aromatic heterocycles. The Hall–Kier alpha value is -4.30. The summed E-state index contributed by atoms with van der Waals surface area (Å²) in [4.78, 5) is 0. The molecule has 0 fully saturated rings. The molecule has 5 aromatic carbocycles. The molecular weight excluding hydrogens is 484 g/mol. The van der Waals surface area contributed by atoms with Crippen LogP contribution in [0.5, 0.6) is 0 Å². The second kappa shape index (κ2) is 12.7. The van der Waals surface area contributed by atoms with Crippen LogP contribution in [0.2, 0.25) is 0 Å². The first-order chi connectivity index (χ1) is 19.5. The maximum atomic E-state index is 3.53. The maximum Gasteiger partial charge on any atom is 0.0384 e. The molecule has 0 spiro atoms. The monoisotopic (exact) mass is 524 g/mol. The topological polar surface area (TPSA) is 24.1 Å². The number of nitrogens with one attached hydrogen (secondary N) is 2. The van der Waals surface area contributed by atoms with Gasteiger partial charge in [-0.05, 0) is 113 Å². The smallest absolute Gasteiger partial charge is 0.0384 e. The molecular formula is C38H40N2. The van der Waals surface area contributed by atoms with Gasteiger partial charge in [0.25, 0.3) is 0 Å². The zero-order valence-corrected chi connectivity index (χ0v) is 24.1. The van der Waals surface area contributed by atoms with E-state index in [1.807, 2.05) is 0 Å². The van der Waals surface area contributed by atoms with Crippen LogP contribution in [0.15, 0.2) is 121 Å². The number of benzene rings is 5. The summed E-state index contributed by atoms with van der Waals surface area (Å²) in [6.07, 6.45) is 2.32. The van der Waals surface area contributed by atoms with E-state index in [2.05, 4.69) is 160 Å². The minimum Gasteiger partial charge on any atom is -0.356 e. The molecule has 0 saturated heterocycles. The zero-order valence-electron chi connectivity index (χ0n) is 24.1. The van der Waals surface area contributed by atoms with Gasteiger partial charge in [0.2, 0.25) is 0 Å². The number of rotatable bonds is 10. The number of hydrogen-bond acceptors (Lipinski definition) is 2. The first-order valence-electron chi connectivity index (χ1n) is 14.6. The lowest BCUT2D eigenvalue weighted by Gasteiger charge is -2.12. The molecule has 2 nitrogen and oxygen atoms in total. The molecule has 2 atom stereocenters. The zero-order chi connectivity index (χ0) is 27.9. The van der Waals surface area contributed by atoms with Crippen molar-refractivity contribution in [3.63, 3.8) is 0 Å². The van der Waals surface area contributed by atoms with Gasteiger partial charge >= 0.3 is 0 Å². The van der Waals surface area contributed by atoms with Crippen molar-refractivity contribution in [2.45, 2.75) is 52.4 Å². The first kappa shape index (κ1) is 27.3. The Morgan fingerprint density at radius 3 is 1.07 bits per heavy atom. The van der Waals surface area contributed by atoms with Crippen molar-refractivity contribution in [1.82, 2.24) is 0 Å². The van der Waals surface area contributed by atoms with Crippen LogP contribution >= 0.6 is 0 Å². The summed E-state index contributed by atoms with van der Waals surface area (Å²) in [7, 11) is 0. The van der Waals surface area contributed by atoms with Gasteiger partial charge < -0.3 is 10.6 Å². The van der Waals surface area contributed by atoms with Crippen molar-refractivity contribution >= 4 is 22.7 Å². The van der Waals surface area contributed by atoms with E-state index in [1.54, 1.807) is 0 Å². The van der Waals surface area contributed by atoms with Crippen molar-refractivity contribution < 1.29 is 0 Å². The summed E-state index contributed by atoms with van der Waals surface area (Å²) in [5, 5.41) is 7.06. The second-order valence-corrected chi connectivity index (χ2v) is 10.8. The van der Waals surface area contributed by atoms with Gasteiger partial charge in [0.15, 0.2) is 0 Å². The molecule has 202 valence electrons. The molecule has 0 heterocycles. The quantitative estimate of drug-likeness (QED) is 0.190. The molecule has 2 heteroatoms. The third-order valence-corrected chi connectivity index (χ3v) is 8.06. The lowest BCUT2D eigenvalue weighted by Crippen LogP contribution is -1.94. The molecule has 0 amide bonds. The maximum absolute atomic E-state index is 3.53. The predicted molar refractivity (Wildman–Crippen MR) is 174 cm³/mol.